The van der Waals surface area contributed by atoms with E-state index in [-0.39, 0.29) is 0 Å². The van der Waals surface area contributed by atoms with Gasteiger partial charge in [0.25, 0.3) is 0 Å². The molecule has 0 unspecified atom stereocenters. The average Bonchev–Trinajstić information content (AvgIpc) is 3.11. The number of anilines is 1. The van der Waals surface area contributed by atoms with Gasteiger partial charge < -0.3 is 9.80 Å². The molecule has 2 aliphatic heterocycles. The molecule has 2 aliphatic rings. The molecule has 7 heteroatoms. The first-order valence-corrected chi connectivity index (χ1v) is 6.87. The van der Waals surface area contributed by atoms with E-state index in [1.165, 1.54) is 0 Å². The highest BCUT2D eigenvalue weighted by Crippen LogP contribution is 2.32. The number of aromatic nitrogens is 4. The van der Waals surface area contributed by atoms with Crippen LogP contribution < -0.4 is 4.90 Å². The fourth-order valence-electron chi connectivity index (χ4n) is 3.37. The molecular formula is C13H16N6O. The summed E-state index contributed by atoms with van der Waals surface area (Å²) in [5, 5.41) is 4.19. The molecule has 20 heavy (non-hydrogen) atoms. The third-order valence-corrected chi connectivity index (χ3v) is 4.35. The van der Waals surface area contributed by atoms with E-state index in [0.717, 1.165) is 50.0 Å². The molecule has 0 spiro atoms. The number of carbonyl (C=O) groups excluding carboxylic acids is 1. The van der Waals surface area contributed by atoms with E-state index in [2.05, 4.69) is 20.0 Å². The Morgan fingerprint density at radius 1 is 1.20 bits per heavy atom. The number of hydrogen-bond donors (Lipinski definition) is 0. The molecule has 2 saturated heterocycles. The van der Waals surface area contributed by atoms with Gasteiger partial charge in [0.15, 0.2) is 5.65 Å². The van der Waals surface area contributed by atoms with Crippen LogP contribution in [-0.4, -0.2) is 57.1 Å². The quantitative estimate of drug-likeness (QED) is 0.718. The van der Waals surface area contributed by atoms with Crippen LogP contribution in [0.3, 0.4) is 0 Å². The number of carbonyl (C=O) groups is 1. The van der Waals surface area contributed by atoms with Crippen molar-refractivity contribution in [3.8, 4) is 0 Å². The van der Waals surface area contributed by atoms with Crippen molar-refractivity contribution in [2.24, 2.45) is 11.8 Å². The molecule has 7 nitrogen and oxygen atoms in total. The Kier molecular flexibility index (Phi) is 2.42. The highest BCUT2D eigenvalue weighted by atomic mass is 16.1. The highest BCUT2D eigenvalue weighted by molar-refractivity contribution is 5.49. The van der Waals surface area contributed by atoms with Crippen molar-refractivity contribution in [3.05, 3.63) is 18.1 Å². The SMILES string of the molecule is Cc1nc(N2C[C@H]3CN(C=O)C[C@H]3C2)nc2ccnn12. The van der Waals surface area contributed by atoms with Crippen LogP contribution in [0, 0.1) is 18.8 Å². The Morgan fingerprint density at radius 2 is 1.95 bits per heavy atom. The topological polar surface area (TPSA) is 66.6 Å². The summed E-state index contributed by atoms with van der Waals surface area (Å²) in [6.07, 6.45) is 2.70. The zero-order valence-corrected chi connectivity index (χ0v) is 11.3. The first-order chi connectivity index (χ1) is 9.74. The van der Waals surface area contributed by atoms with E-state index in [9.17, 15) is 4.79 Å². The minimum absolute atomic E-state index is 0.547. The Hall–Kier alpha value is -2.18. The van der Waals surface area contributed by atoms with Crippen LogP contribution >= 0.6 is 0 Å². The van der Waals surface area contributed by atoms with Gasteiger partial charge in [0.1, 0.15) is 5.82 Å². The van der Waals surface area contributed by atoms with Gasteiger partial charge in [-0.15, -0.1) is 0 Å². The van der Waals surface area contributed by atoms with E-state index in [4.69, 9.17) is 0 Å². The molecule has 0 aliphatic carbocycles. The molecule has 0 aromatic carbocycles. The summed E-state index contributed by atoms with van der Waals surface area (Å²) < 4.78 is 1.74. The molecule has 2 fully saturated rings. The van der Waals surface area contributed by atoms with Crippen LogP contribution in [-0.2, 0) is 4.79 Å². The summed E-state index contributed by atoms with van der Waals surface area (Å²) in [5.41, 5.74) is 0.832. The molecule has 2 atom stereocenters. The summed E-state index contributed by atoms with van der Waals surface area (Å²) in [4.78, 5) is 24.1. The smallest absolute Gasteiger partial charge is 0.229 e. The fraction of sp³-hybridized carbons (Fsp3) is 0.538. The van der Waals surface area contributed by atoms with Gasteiger partial charge in [-0.1, -0.05) is 0 Å². The van der Waals surface area contributed by atoms with Gasteiger partial charge in [-0.3, -0.25) is 4.79 Å². The van der Waals surface area contributed by atoms with Gasteiger partial charge in [0.05, 0.1) is 6.20 Å². The molecule has 2 aromatic heterocycles. The summed E-state index contributed by atoms with van der Waals surface area (Å²) >= 11 is 0. The predicted molar refractivity (Wildman–Crippen MR) is 72.3 cm³/mol. The van der Waals surface area contributed by atoms with Gasteiger partial charge in [-0.05, 0) is 6.92 Å². The Bertz CT molecular complexity index is 654. The van der Waals surface area contributed by atoms with Gasteiger partial charge in [0, 0.05) is 44.1 Å². The van der Waals surface area contributed by atoms with Crippen molar-refractivity contribution < 1.29 is 4.79 Å². The maximum Gasteiger partial charge on any atom is 0.229 e. The first-order valence-electron chi connectivity index (χ1n) is 6.87. The van der Waals surface area contributed by atoms with E-state index in [1.54, 1.807) is 10.7 Å². The lowest BCUT2D eigenvalue weighted by molar-refractivity contribution is -0.117. The monoisotopic (exact) mass is 272 g/mol. The van der Waals surface area contributed by atoms with Gasteiger partial charge in [0.2, 0.25) is 12.4 Å². The molecule has 2 aromatic rings. The van der Waals surface area contributed by atoms with Gasteiger partial charge in [-0.2, -0.15) is 15.1 Å². The molecule has 0 radical (unpaired) electrons. The zero-order valence-electron chi connectivity index (χ0n) is 11.3. The number of likely N-dealkylation sites (tertiary alicyclic amines) is 1. The normalized spacial score (nSPS) is 25.4. The van der Waals surface area contributed by atoms with Crippen LogP contribution in [0.4, 0.5) is 5.95 Å². The predicted octanol–water partition coefficient (Wildman–Crippen LogP) is -0.0429. The minimum Gasteiger partial charge on any atom is -0.345 e. The lowest BCUT2D eigenvalue weighted by Gasteiger charge is -2.19. The Labute approximate surface area is 116 Å². The molecule has 0 N–H and O–H groups in total. The first kappa shape index (κ1) is 11.6. The van der Waals surface area contributed by atoms with E-state index < -0.39 is 0 Å². The maximum absolute atomic E-state index is 10.8. The number of nitrogens with zero attached hydrogens (tertiary/aromatic N) is 6. The summed E-state index contributed by atoms with van der Waals surface area (Å²) in [5.74, 6) is 2.72. The van der Waals surface area contributed by atoms with Crippen LogP contribution in [0.5, 0.6) is 0 Å². The van der Waals surface area contributed by atoms with Crippen LogP contribution in [0.25, 0.3) is 5.65 Å². The van der Waals surface area contributed by atoms with Crippen molar-refractivity contribution in [1.29, 1.82) is 0 Å². The fourth-order valence-corrected chi connectivity index (χ4v) is 3.37. The van der Waals surface area contributed by atoms with Gasteiger partial charge >= 0.3 is 0 Å². The number of hydrogen-bond acceptors (Lipinski definition) is 5. The maximum atomic E-state index is 10.8. The molecule has 0 bridgehead atoms. The molecule has 1 amide bonds. The standard InChI is InChI=1S/C13H16N6O/c1-9-15-13(16-12-2-3-14-19(9)12)18-6-10-4-17(8-20)5-11(10)7-18/h2-3,8,10-11H,4-7H2,1H3/t10-,11+. The number of aryl methyl sites for hydroxylation is 1. The number of amides is 1. The lowest BCUT2D eigenvalue weighted by atomic mass is 10.0. The van der Waals surface area contributed by atoms with Crippen LogP contribution in [0.2, 0.25) is 0 Å². The van der Waals surface area contributed by atoms with E-state index in [1.807, 2.05) is 17.9 Å². The number of rotatable bonds is 2. The molecule has 4 heterocycles. The largest absolute Gasteiger partial charge is 0.345 e. The van der Waals surface area contributed by atoms with E-state index >= 15 is 0 Å². The third-order valence-electron chi connectivity index (χ3n) is 4.35. The molecular weight excluding hydrogens is 256 g/mol. The highest BCUT2D eigenvalue weighted by Gasteiger charge is 2.40. The zero-order chi connectivity index (χ0) is 13.7. The van der Waals surface area contributed by atoms with E-state index in [0.29, 0.717) is 11.8 Å². The Morgan fingerprint density at radius 3 is 2.65 bits per heavy atom. The minimum atomic E-state index is 0.547. The average molecular weight is 272 g/mol. The second-order valence-corrected chi connectivity index (χ2v) is 5.66. The van der Waals surface area contributed by atoms with Gasteiger partial charge in [-0.25, -0.2) is 4.52 Å². The van der Waals surface area contributed by atoms with Crippen molar-refractivity contribution in [2.75, 3.05) is 31.1 Å². The van der Waals surface area contributed by atoms with Crippen LogP contribution in [0.1, 0.15) is 5.82 Å². The second-order valence-electron chi connectivity index (χ2n) is 5.66. The van der Waals surface area contributed by atoms with Crippen LogP contribution in [0.15, 0.2) is 12.3 Å². The molecule has 104 valence electrons. The van der Waals surface area contributed by atoms with Crippen molar-refractivity contribution in [3.63, 3.8) is 0 Å². The lowest BCUT2D eigenvalue weighted by Crippen LogP contribution is -2.29. The molecule has 4 rings (SSSR count). The molecule has 0 saturated carbocycles. The van der Waals surface area contributed by atoms with Crippen molar-refractivity contribution >= 4 is 18.0 Å². The second kappa shape index (κ2) is 4.16. The summed E-state index contributed by atoms with van der Waals surface area (Å²) in [7, 11) is 0. The van der Waals surface area contributed by atoms with Crippen molar-refractivity contribution in [1.82, 2.24) is 24.5 Å². The third kappa shape index (κ3) is 1.65. The number of fused-ring (bicyclic) bond motifs is 2. The van der Waals surface area contributed by atoms with Crippen molar-refractivity contribution in [2.45, 2.75) is 6.92 Å². The summed E-state index contributed by atoms with van der Waals surface area (Å²) in [6.45, 7) is 5.52. The Balaban J connectivity index is 1.61. The summed E-state index contributed by atoms with van der Waals surface area (Å²) in [6, 6.07) is 1.89.